The van der Waals surface area contributed by atoms with Crippen LogP contribution >= 0.6 is 15.9 Å². The Morgan fingerprint density at radius 1 is 1.44 bits per heavy atom. The van der Waals surface area contributed by atoms with Gasteiger partial charge in [0.25, 0.3) is 0 Å². The molecule has 0 bridgehead atoms. The molecule has 100 valence electrons. The molecule has 2 rings (SSSR count). The molecule has 1 atom stereocenters. The summed E-state index contributed by atoms with van der Waals surface area (Å²) in [6, 6.07) is 6.80. The SMILES string of the molecule is CC1CN(S(=O)(=O)c2cccc(Br)c2)CCCO1. The fraction of sp³-hybridized carbons (Fsp3) is 0.500. The maximum Gasteiger partial charge on any atom is 0.243 e. The topological polar surface area (TPSA) is 46.6 Å². The second-order valence-corrected chi connectivity index (χ2v) is 7.21. The van der Waals surface area contributed by atoms with Gasteiger partial charge in [-0.1, -0.05) is 22.0 Å². The standard InChI is InChI=1S/C12H16BrNO3S/c1-10-9-14(6-3-7-17-10)18(15,16)12-5-2-4-11(13)8-12/h2,4-5,8,10H,3,6-7,9H2,1H3. The molecule has 6 heteroatoms. The minimum absolute atomic E-state index is 0.0607. The van der Waals surface area contributed by atoms with Gasteiger partial charge >= 0.3 is 0 Å². The van der Waals surface area contributed by atoms with Crippen LogP contribution in [0, 0.1) is 0 Å². The average Bonchev–Trinajstić information content (AvgIpc) is 2.54. The van der Waals surface area contributed by atoms with Gasteiger partial charge in [0.15, 0.2) is 0 Å². The highest BCUT2D eigenvalue weighted by molar-refractivity contribution is 9.10. The Kier molecular flexibility index (Phi) is 4.42. The zero-order chi connectivity index (χ0) is 13.2. The first-order valence-electron chi connectivity index (χ1n) is 5.87. The molecule has 1 heterocycles. The smallest absolute Gasteiger partial charge is 0.243 e. The third-order valence-electron chi connectivity index (χ3n) is 2.85. The largest absolute Gasteiger partial charge is 0.377 e. The van der Waals surface area contributed by atoms with E-state index in [1.165, 1.54) is 4.31 Å². The van der Waals surface area contributed by atoms with Crippen LogP contribution in [0.1, 0.15) is 13.3 Å². The molecule has 1 fully saturated rings. The molecule has 1 saturated heterocycles. The molecule has 1 aromatic carbocycles. The van der Waals surface area contributed by atoms with Crippen molar-refractivity contribution >= 4 is 26.0 Å². The maximum atomic E-state index is 12.5. The first kappa shape index (κ1) is 14.0. The third kappa shape index (κ3) is 3.12. The maximum absolute atomic E-state index is 12.5. The van der Waals surface area contributed by atoms with Crippen LogP contribution in [0.25, 0.3) is 0 Å². The van der Waals surface area contributed by atoms with Crippen LogP contribution in [-0.2, 0) is 14.8 Å². The van der Waals surface area contributed by atoms with Gasteiger partial charge in [0, 0.05) is 24.2 Å². The van der Waals surface area contributed by atoms with Gasteiger partial charge in [-0.2, -0.15) is 4.31 Å². The van der Waals surface area contributed by atoms with E-state index in [0.717, 1.165) is 10.9 Å². The van der Waals surface area contributed by atoms with Crippen molar-refractivity contribution in [3.8, 4) is 0 Å². The lowest BCUT2D eigenvalue weighted by Gasteiger charge is -2.21. The molecule has 0 spiro atoms. The molecule has 0 amide bonds. The summed E-state index contributed by atoms with van der Waals surface area (Å²) in [6.07, 6.45) is 0.673. The minimum atomic E-state index is -3.42. The first-order chi connectivity index (χ1) is 8.50. The number of halogens is 1. The number of hydrogen-bond donors (Lipinski definition) is 0. The Hall–Kier alpha value is -0.430. The molecule has 0 N–H and O–H groups in total. The van der Waals surface area contributed by atoms with Crippen molar-refractivity contribution in [1.29, 1.82) is 0 Å². The van der Waals surface area contributed by atoms with Gasteiger partial charge in [-0.25, -0.2) is 8.42 Å². The summed E-state index contributed by atoms with van der Waals surface area (Å²) in [5.74, 6) is 0. The zero-order valence-electron chi connectivity index (χ0n) is 10.2. The van der Waals surface area contributed by atoms with Crippen LogP contribution in [0.15, 0.2) is 33.6 Å². The van der Waals surface area contributed by atoms with Crippen LogP contribution in [0.4, 0.5) is 0 Å². The number of sulfonamides is 1. The van der Waals surface area contributed by atoms with Gasteiger partial charge in [0.1, 0.15) is 0 Å². The van der Waals surface area contributed by atoms with E-state index in [2.05, 4.69) is 15.9 Å². The van der Waals surface area contributed by atoms with Crippen molar-refractivity contribution < 1.29 is 13.2 Å². The Balaban J connectivity index is 2.30. The number of benzene rings is 1. The first-order valence-corrected chi connectivity index (χ1v) is 8.11. The lowest BCUT2D eigenvalue weighted by molar-refractivity contribution is 0.0752. The third-order valence-corrected chi connectivity index (χ3v) is 5.20. The molecule has 0 saturated carbocycles. The van der Waals surface area contributed by atoms with Crippen LogP contribution in [-0.4, -0.2) is 38.5 Å². The summed E-state index contributed by atoms with van der Waals surface area (Å²) in [6.45, 7) is 3.44. The molecule has 1 aliphatic heterocycles. The monoisotopic (exact) mass is 333 g/mol. The molecule has 0 aromatic heterocycles. The Bertz CT molecular complexity index is 518. The van der Waals surface area contributed by atoms with Crippen LogP contribution in [0.3, 0.4) is 0 Å². The molecule has 18 heavy (non-hydrogen) atoms. The van der Waals surface area contributed by atoms with E-state index in [0.29, 0.717) is 24.6 Å². The summed E-state index contributed by atoms with van der Waals surface area (Å²) in [5.41, 5.74) is 0. The molecule has 0 aliphatic carbocycles. The quantitative estimate of drug-likeness (QED) is 0.833. The molecule has 1 unspecified atom stereocenters. The highest BCUT2D eigenvalue weighted by Gasteiger charge is 2.27. The molecule has 0 radical (unpaired) electrons. The average molecular weight is 334 g/mol. The summed E-state index contributed by atoms with van der Waals surface area (Å²) in [4.78, 5) is 0.325. The van der Waals surface area contributed by atoms with Crippen molar-refractivity contribution in [1.82, 2.24) is 4.31 Å². The van der Waals surface area contributed by atoms with Gasteiger partial charge in [-0.15, -0.1) is 0 Å². The van der Waals surface area contributed by atoms with Gasteiger partial charge < -0.3 is 4.74 Å². The van der Waals surface area contributed by atoms with Gasteiger partial charge in [-0.3, -0.25) is 0 Å². The fourth-order valence-corrected chi connectivity index (χ4v) is 4.10. The van der Waals surface area contributed by atoms with E-state index in [1.54, 1.807) is 18.2 Å². The summed E-state index contributed by atoms with van der Waals surface area (Å²) < 4.78 is 32.7. The fourth-order valence-electron chi connectivity index (χ4n) is 1.95. The molecular weight excluding hydrogens is 318 g/mol. The van der Waals surface area contributed by atoms with Crippen molar-refractivity contribution in [2.24, 2.45) is 0 Å². The van der Waals surface area contributed by atoms with Crippen LogP contribution < -0.4 is 0 Å². The van der Waals surface area contributed by atoms with Crippen LogP contribution in [0.5, 0.6) is 0 Å². The van der Waals surface area contributed by atoms with Crippen molar-refractivity contribution in [2.75, 3.05) is 19.7 Å². The predicted octanol–water partition coefficient (Wildman–Crippen LogP) is 2.25. The zero-order valence-corrected chi connectivity index (χ0v) is 12.6. The highest BCUT2D eigenvalue weighted by atomic mass is 79.9. The molecule has 4 nitrogen and oxygen atoms in total. The summed E-state index contributed by atoms with van der Waals surface area (Å²) >= 11 is 3.30. The van der Waals surface area contributed by atoms with Crippen molar-refractivity contribution in [2.45, 2.75) is 24.3 Å². The number of nitrogens with zero attached hydrogens (tertiary/aromatic N) is 1. The molecule has 1 aromatic rings. The minimum Gasteiger partial charge on any atom is -0.377 e. The van der Waals surface area contributed by atoms with E-state index in [1.807, 2.05) is 13.0 Å². The summed E-state index contributed by atoms with van der Waals surface area (Å²) in [5, 5.41) is 0. The van der Waals surface area contributed by atoms with E-state index in [4.69, 9.17) is 4.74 Å². The Morgan fingerprint density at radius 2 is 2.22 bits per heavy atom. The predicted molar refractivity (Wildman–Crippen MR) is 72.9 cm³/mol. The number of hydrogen-bond acceptors (Lipinski definition) is 3. The lowest BCUT2D eigenvalue weighted by Crippen LogP contribution is -2.35. The lowest BCUT2D eigenvalue weighted by atomic mass is 10.4. The second kappa shape index (κ2) is 5.69. The van der Waals surface area contributed by atoms with E-state index < -0.39 is 10.0 Å². The van der Waals surface area contributed by atoms with Crippen molar-refractivity contribution in [3.63, 3.8) is 0 Å². The second-order valence-electron chi connectivity index (χ2n) is 4.36. The number of rotatable bonds is 2. The number of ether oxygens (including phenoxy) is 1. The molecule has 1 aliphatic rings. The molecular formula is C12H16BrNO3S. The Labute approximate surface area is 116 Å². The normalized spacial score (nSPS) is 22.7. The van der Waals surface area contributed by atoms with Gasteiger partial charge in [0.05, 0.1) is 11.0 Å². The van der Waals surface area contributed by atoms with Crippen molar-refractivity contribution in [3.05, 3.63) is 28.7 Å². The Morgan fingerprint density at radius 3 is 2.94 bits per heavy atom. The summed E-state index contributed by atoms with van der Waals surface area (Å²) in [7, 11) is -3.42. The van der Waals surface area contributed by atoms with Crippen LogP contribution in [0.2, 0.25) is 0 Å². The van der Waals surface area contributed by atoms with Gasteiger partial charge in [-0.05, 0) is 31.5 Å². The van der Waals surface area contributed by atoms with E-state index in [-0.39, 0.29) is 6.10 Å². The van der Waals surface area contributed by atoms with E-state index in [9.17, 15) is 8.42 Å². The van der Waals surface area contributed by atoms with Gasteiger partial charge in [0.2, 0.25) is 10.0 Å². The highest BCUT2D eigenvalue weighted by Crippen LogP contribution is 2.21. The van der Waals surface area contributed by atoms with E-state index >= 15 is 0 Å².